The second-order valence-electron chi connectivity index (χ2n) is 6.64. The average molecular weight is 415 g/mol. The molecule has 2 aromatic carbocycles. The predicted octanol–water partition coefficient (Wildman–Crippen LogP) is 4.39. The molecule has 0 saturated carbocycles. The van der Waals surface area contributed by atoms with Gasteiger partial charge in [0.25, 0.3) is 5.91 Å². The van der Waals surface area contributed by atoms with Crippen molar-refractivity contribution in [3.63, 3.8) is 0 Å². The Hall–Kier alpha value is -2.83. The van der Waals surface area contributed by atoms with Gasteiger partial charge < -0.3 is 10.6 Å². The molecule has 3 aromatic rings. The summed E-state index contributed by atoms with van der Waals surface area (Å²) in [6.45, 7) is 1.72. The highest BCUT2D eigenvalue weighted by Gasteiger charge is 2.32. The average Bonchev–Trinajstić information content (AvgIpc) is 3.11. The van der Waals surface area contributed by atoms with E-state index in [0.717, 1.165) is 16.5 Å². The Morgan fingerprint density at radius 2 is 2.00 bits per heavy atom. The smallest absolute Gasteiger partial charge is 0.253 e. The number of anilines is 1. The van der Waals surface area contributed by atoms with E-state index in [4.69, 9.17) is 23.2 Å². The van der Waals surface area contributed by atoms with E-state index >= 15 is 0 Å². The largest absolute Gasteiger partial charge is 0.330 e. The van der Waals surface area contributed by atoms with Gasteiger partial charge >= 0.3 is 0 Å². The van der Waals surface area contributed by atoms with Crippen molar-refractivity contribution < 1.29 is 9.59 Å². The van der Waals surface area contributed by atoms with Crippen LogP contribution in [0.25, 0.3) is 10.9 Å². The summed E-state index contributed by atoms with van der Waals surface area (Å²) in [7, 11) is 0. The van der Waals surface area contributed by atoms with E-state index in [1.165, 1.54) is 0 Å². The molecule has 3 N–H and O–H groups in total. The molecule has 142 valence electrons. The molecule has 4 rings (SSSR count). The predicted molar refractivity (Wildman–Crippen MR) is 109 cm³/mol. The minimum absolute atomic E-state index is 0.148. The Morgan fingerprint density at radius 3 is 2.79 bits per heavy atom. The summed E-state index contributed by atoms with van der Waals surface area (Å²) in [5.74, 6) is -0.845. The summed E-state index contributed by atoms with van der Waals surface area (Å²) < 4.78 is 0. The van der Waals surface area contributed by atoms with Crippen molar-refractivity contribution in [1.29, 1.82) is 0 Å². The lowest BCUT2D eigenvalue weighted by Gasteiger charge is -2.27. The quantitative estimate of drug-likeness (QED) is 0.593. The highest BCUT2D eigenvalue weighted by atomic mass is 35.5. The number of nitrogens with one attached hydrogen (secondary N) is 3. The van der Waals surface area contributed by atoms with Crippen molar-refractivity contribution in [1.82, 2.24) is 15.5 Å². The first kappa shape index (κ1) is 18.5. The monoisotopic (exact) mass is 414 g/mol. The summed E-state index contributed by atoms with van der Waals surface area (Å²) in [5.41, 5.74) is 3.30. The molecule has 2 heterocycles. The third-order valence-corrected chi connectivity index (χ3v) is 5.50. The molecular weight excluding hydrogens is 399 g/mol. The van der Waals surface area contributed by atoms with Gasteiger partial charge in [0.1, 0.15) is 0 Å². The van der Waals surface area contributed by atoms with Crippen LogP contribution >= 0.6 is 23.2 Å². The summed E-state index contributed by atoms with van der Waals surface area (Å²) in [5, 5.41) is 14.2. The van der Waals surface area contributed by atoms with E-state index in [2.05, 4.69) is 20.8 Å². The van der Waals surface area contributed by atoms with Crippen molar-refractivity contribution in [2.45, 2.75) is 19.3 Å². The van der Waals surface area contributed by atoms with Crippen LogP contribution in [0.1, 0.15) is 24.8 Å². The van der Waals surface area contributed by atoms with Gasteiger partial charge in [-0.1, -0.05) is 29.3 Å². The third kappa shape index (κ3) is 3.48. The van der Waals surface area contributed by atoms with Gasteiger partial charge in [-0.25, -0.2) is 0 Å². The fraction of sp³-hybridized carbons (Fsp3) is 0.150. The number of aromatic amines is 1. The third-order valence-electron chi connectivity index (χ3n) is 4.76. The fourth-order valence-electron chi connectivity index (χ4n) is 3.44. The number of fused-ring (bicyclic) bond motifs is 1. The Bertz CT molecular complexity index is 1140. The molecule has 28 heavy (non-hydrogen) atoms. The number of amides is 2. The summed E-state index contributed by atoms with van der Waals surface area (Å²) >= 11 is 12.2. The molecule has 8 heteroatoms. The van der Waals surface area contributed by atoms with Gasteiger partial charge in [-0.2, -0.15) is 5.10 Å². The number of allylic oxidation sites excluding steroid dienone is 1. The number of rotatable bonds is 3. The van der Waals surface area contributed by atoms with Gasteiger partial charge in [0.2, 0.25) is 5.91 Å². The lowest BCUT2D eigenvalue weighted by Crippen LogP contribution is -2.35. The number of halogens is 2. The van der Waals surface area contributed by atoms with Gasteiger partial charge in [-0.05, 0) is 42.8 Å². The fourth-order valence-corrected chi connectivity index (χ4v) is 3.74. The van der Waals surface area contributed by atoms with Crippen molar-refractivity contribution >= 4 is 51.6 Å². The number of hydrogen-bond acceptors (Lipinski definition) is 3. The maximum absolute atomic E-state index is 13.1. The standard InChI is InChI=1S/C20H16Cl2N4O2/c1-10-19(20(28)25-13-3-5-17-12(6-13)9-23-26-17)14(8-18(27)24-10)11-2-4-15(21)16(22)7-11/h2-7,9,14H,8H2,1H3,(H,23,26)(H,24,27)(H,25,28). The number of carbonyl (C=O) groups is 2. The van der Waals surface area contributed by atoms with Crippen LogP contribution in [0.15, 0.2) is 53.9 Å². The summed E-state index contributed by atoms with van der Waals surface area (Å²) in [4.78, 5) is 25.2. The molecule has 0 aliphatic carbocycles. The van der Waals surface area contributed by atoms with E-state index < -0.39 is 5.92 Å². The first-order chi connectivity index (χ1) is 13.4. The molecular formula is C20H16Cl2N4O2. The molecule has 0 radical (unpaired) electrons. The maximum atomic E-state index is 13.1. The Kier molecular flexibility index (Phi) is 4.83. The SMILES string of the molecule is CC1=C(C(=O)Nc2ccc3[nH]ncc3c2)C(c2ccc(Cl)c(Cl)c2)CC(=O)N1. The molecule has 1 aliphatic heterocycles. The number of carbonyl (C=O) groups excluding carboxylic acids is 2. The van der Waals surface area contributed by atoms with Crippen molar-refractivity contribution in [3.05, 3.63) is 69.5 Å². The molecule has 2 amide bonds. The van der Waals surface area contributed by atoms with Crippen LogP contribution in [0.2, 0.25) is 10.0 Å². The zero-order valence-corrected chi connectivity index (χ0v) is 16.4. The van der Waals surface area contributed by atoms with E-state index in [0.29, 0.717) is 27.0 Å². The van der Waals surface area contributed by atoms with Crippen LogP contribution in [-0.2, 0) is 9.59 Å². The van der Waals surface area contributed by atoms with Crippen molar-refractivity contribution in [2.75, 3.05) is 5.32 Å². The zero-order valence-electron chi connectivity index (χ0n) is 14.8. The summed E-state index contributed by atoms with van der Waals surface area (Å²) in [6.07, 6.45) is 1.84. The molecule has 0 spiro atoms. The lowest BCUT2D eigenvalue weighted by atomic mass is 9.84. The maximum Gasteiger partial charge on any atom is 0.253 e. The molecule has 1 unspecified atom stereocenters. The molecule has 0 fully saturated rings. The van der Waals surface area contributed by atoms with Gasteiger partial charge in [0, 0.05) is 34.7 Å². The highest BCUT2D eigenvalue weighted by Crippen LogP contribution is 2.36. The zero-order chi connectivity index (χ0) is 19.8. The van der Waals surface area contributed by atoms with Crippen molar-refractivity contribution in [3.8, 4) is 0 Å². The Labute approximate surface area is 170 Å². The molecule has 0 saturated heterocycles. The lowest BCUT2D eigenvalue weighted by molar-refractivity contribution is -0.121. The first-order valence-electron chi connectivity index (χ1n) is 8.62. The van der Waals surface area contributed by atoms with E-state index in [1.54, 1.807) is 37.4 Å². The minimum atomic E-state index is -0.416. The van der Waals surface area contributed by atoms with E-state index in [1.807, 2.05) is 12.1 Å². The number of hydrogen-bond donors (Lipinski definition) is 3. The van der Waals surface area contributed by atoms with E-state index in [9.17, 15) is 9.59 Å². The van der Waals surface area contributed by atoms with Crippen LogP contribution < -0.4 is 10.6 Å². The van der Waals surface area contributed by atoms with Crippen LogP contribution in [-0.4, -0.2) is 22.0 Å². The first-order valence-corrected chi connectivity index (χ1v) is 9.38. The molecule has 0 bridgehead atoms. The highest BCUT2D eigenvalue weighted by molar-refractivity contribution is 6.42. The second kappa shape index (κ2) is 7.30. The van der Waals surface area contributed by atoms with Crippen LogP contribution in [0.4, 0.5) is 5.69 Å². The van der Waals surface area contributed by atoms with Crippen LogP contribution in [0, 0.1) is 0 Å². The molecule has 1 aliphatic rings. The molecule has 6 nitrogen and oxygen atoms in total. The normalized spacial score (nSPS) is 17.0. The van der Waals surface area contributed by atoms with Gasteiger partial charge in [0.15, 0.2) is 0 Å². The van der Waals surface area contributed by atoms with Crippen LogP contribution in [0.5, 0.6) is 0 Å². The van der Waals surface area contributed by atoms with Crippen LogP contribution in [0.3, 0.4) is 0 Å². The molecule has 1 atom stereocenters. The number of benzene rings is 2. The molecule has 1 aromatic heterocycles. The second-order valence-corrected chi connectivity index (χ2v) is 7.46. The number of H-pyrrole nitrogens is 1. The van der Waals surface area contributed by atoms with Gasteiger partial charge in [-0.3, -0.25) is 14.7 Å². The van der Waals surface area contributed by atoms with Crippen molar-refractivity contribution in [2.24, 2.45) is 0 Å². The summed E-state index contributed by atoms with van der Waals surface area (Å²) in [6, 6.07) is 10.6. The minimum Gasteiger partial charge on any atom is -0.330 e. The van der Waals surface area contributed by atoms with Gasteiger partial charge in [-0.15, -0.1) is 0 Å². The number of aromatic nitrogens is 2. The Morgan fingerprint density at radius 1 is 1.18 bits per heavy atom. The van der Waals surface area contributed by atoms with E-state index in [-0.39, 0.29) is 18.2 Å². The van der Waals surface area contributed by atoms with Gasteiger partial charge in [0.05, 0.1) is 21.8 Å². The Balaban J connectivity index is 1.68. The number of nitrogens with zero attached hydrogens (tertiary/aromatic N) is 1. The topological polar surface area (TPSA) is 86.9 Å².